The molecule has 0 aromatic heterocycles. The number of rotatable bonds is 5. The van der Waals surface area contributed by atoms with Gasteiger partial charge in [-0.2, -0.15) is 22.8 Å². The van der Waals surface area contributed by atoms with Gasteiger partial charge < -0.3 is 19.5 Å². The molecular weight excluding hydrogens is 466 g/mol. The lowest BCUT2D eigenvalue weighted by Gasteiger charge is -2.26. The van der Waals surface area contributed by atoms with E-state index in [-0.39, 0.29) is 4.90 Å². The smallest absolute Gasteiger partial charge is 0.416 e. The average molecular weight is 480 g/mol. The molecule has 172 valence electrons. The Morgan fingerprint density at radius 3 is 2.50 bits per heavy atom. The summed E-state index contributed by atoms with van der Waals surface area (Å²) in [5.41, 5.74) is -3.79. The van der Waals surface area contributed by atoms with Gasteiger partial charge >= 0.3 is 6.18 Å². The van der Waals surface area contributed by atoms with Crippen molar-refractivity contribution in [3.8, 4) is 11.8 Å². The Balaban J connectivity index is 1.88. The van der Waals surface area contributed by atoms with Gasteiger partial charge in [-0.25, -0.2) is 8.78 Å². The van der Waals surface area contributed by atoms with Crippen LogP contribution in [0.3, 0.4) is 0 Å². The number of aliphatic hydroxyl groups excluding tert-OH is 1. The van der Waals surface area contributed by atoms with Crippen molar-refractivity contribution < 1.29 is 45.8 Å². The lowest BCUT2D eigenvalue weighted by Crippen LogP contribution is -2.48. The fraction of sp³-hybridized carbons (Fsp3) is 0.316. The van der Waals surface area contributed by atoms with Crippen molar-refractivity contribution in [1.82, 2.24) is 4.31 Å². The highest BCUT2D eigenvalue weighted by molar-refractivity contribution is 7.89. The molecule has 0 amide bonds. The number of alkyl halides is 3. The lowest BCUT2D eigenvalue weighted by molar-refractivity contribution is -0.137. The summed E-state index contributed by atoms with van der Waals surface area (Å²) in [6.07, 6.45) is -6.21. The van der Waals surface area contributed by atoms with Crippen molar-refractivity contribution in [2.45, 2.75) is 22.8 Å². The standard InChI is InChI=1S/C19H14F6N2O4S/c20-12-2-3-13(17(22)16(12)21)31-15-7-27(8-18(15,29)9-28)32(30)14-4-1-11(19(23,24)25)5-10(14)6-26/h1-5,15,28-29H,7-9H2/t15-,18?,32?/m0/s1. The van der Waals surface area contributed by atoms with Gasteiger partial charge in [0.15, 0.2) is 22.3 Å². The van der Waals surface area contributed by atoms with Gasteiger partial charge in [0.05, 0.1) is 36.6 Å². The van der Waals surface area contributed by atoms with Crippen LogP contribution in [0.15, 0.2) is 35.2 Å². The highest BCUT2D eigenvalue weighted by atomic mass is 32.2. The van der Waals surface area contributed by atoms with Crippen LogP contribution in [0, 0.1) is 28.8 Å². The molecule has 2 aromatic rings. The number of ether oxygens (including phenoxy) is 1. The molecule has 0 saturated carbocycles. The van der Waals surface area contributed by atoms with E-state index in [4.69, 9.17) is 4.74 Å². The number of nitrogens with zero attached hydrogens (tertiary/aromatic N) is 2. The molecule has 1 aliphatic rings. The third-order valence-electron chi connectivity index (χ3n) is 4.81. The zero-order chi connectivity index (χ0) is 23.8. The van der Waals surface area contributed by atoms with E-state index < -0.39 is 83.3 Å². The summed E-state index contributed by atoms with van der Waals surface area (Å²) in [6.45, 7) is -1.96. The molecule has 13 heteroatoms. The highest BCUT2D eigenvalue weighted by Gasteiger charge is 2.52. The molecule has 1 fully saturated rings. The number of hydrogen-bond donors (Lipinski definition) is 2. The van der Waals surface area contributed by atoms with Crippen LogP contribution in [0.4, 0.5) is 26.3 Å². The van der Waals surface area contributed by atoms with Crippen molar-refractivity contribution in [2.75, 3.05) is 19.7 Å². The van der Waals surface area contributed by atoms with Crippen LogP contribution in [0.5, 0.6) is 5.75 Å². The van der Waals surface area contributed by atoms with Crippen LogP contribution in [0.1, 0.15) is 11.1 Å². The average Bonchev–Trinajstić information content (AvgIpc) is 3.09. The van der Waals surface area contributed by atoms with Gasteiger partial charge in [-0.1, -0.05) is 0 Å². The van der Waals surface area contributed by atoms with Crippen LogP contribution in [-0.4, -0.2) is 50.5 Å². The maximum absolute atomic E-state index is 13.9. The van der Waals surface area contributed by atoms with Crippen LogP contribution in [0.2, 0.25) is 0 Å². The summed E-state index contributed by atoms with van der Waals surface area (Å²) in [7, 11) is 0. The van der Waals surface area contributed by atoms with Crippen molar-refractivity contribution in [1.29, 1.82) is 5.26 Å². The topological polar surface area (TPSA) is 99.8 Å². The number of benzene rings is 2. The maximum atomic E-state index is 13.9. The Morgan fingerprint density at radius 1 is 1.22 bits per heavy atom. The molecule has 0 spiro atoms. The van der Waals surface area contributed by atoms with Crippen molar-refractivity contribution in [3.05, 3.63) is 58.9 Å². The molecule has 1 heterocycles. The molecule has 2 aromatic carbocycles. The van der Waals surface area contributed by atoms with Gasteiger partial charge in [0.1, 0.15) is 23.3 Å². The highest BCUT2D eigenvalue weighted by Crippen LogP contribution is 2.35. The summed E-state index contributed by atoms with van der Waals surface area (Å²) in [5, 5.41) is 29.4. The Morgan fingerprint density at radius 2 is 1.91 bits per heavy atom. The molecule has 0 radical (unpaired) electrons. The summed E-state index contributed by atoms with van der Waals surface area (Å²) >= 11 is -2.28. The number of nitriles is 1. The van der Waals surface area contributed by atoms with Crippen LogP contribution in [0.25, 0.3) is 0 Å². The Labute approximate surface area is 180 Å². The number of aliphatic hydroxyl groups is 2. The largest absolute Gasteiger partial charge is 0.593 e. The van der Waals surface area contributed by atoms with E-state index in [9.17, 15) is 46.4 Å². The maximum Gasteiger partial charge on any atom is 0.416 e. The summed E-state index contributed by atoms with van der Waals surface area (Å²) in [5.74, 6) is -5.76. The Bertz CT molecular complexity index is 1060. The van der Waals surface area contributed by atoms with Crippen LogP contribution < -0.4 is 4.74 Å². The van der Waals surface area contributed by atoms with Crippen LogP contribution in [-0.2, 0) is 17.5 Å². The second-order valence-corrected chi connectivity index (χ2v) is 8.39. The predicted molar refractivity (Wildman–Crippen MR) is 96.9 cm³/mol. The molecule has 32 heavy (non-hydrogen) atoms. The first-order valence-corrected chi connectivity index (χ1v) is 9.93. The minimum atomic E-state index is -4.73. The molecule has 0 aliphatic carbocycles. The minimum Gasteiger partial charge on any atom is -0.593 e. The quantitative estimate of drug-likeness (QED) is 0.388. The van der Waals surface area contributed by atoms with Gasteiger partial charge in [-0.3, -0.25) is 0 Å². The fourth-order valence-electron chi connectivity index (χ4n) is 3.09. The van der Waals surface area contributed by atoms with Crippen molar-refractivity contribution in [2.24, 2.45) is 0 Å². The fourth-order valence-corrected chi connectivity index (χ4v) is 4.46. The van der Waals surface area contributed by atoms with E-state index in [1.165, 1.54) is 6.07 Å². The zero-order valence-electron chi connectivity index (χ0n) is 15.9. The molecular formula is C19H14F6N2O4S. The summed E-state index contributed by atoms with van der Waals surface area (Å²) in [6, 6.07) is 4.87. The first kappa shape index (κ1) is 24.1. The van der Waals surface area contributed by atoms with E-state index in [1.54, 1.807) is 0 Å². The molecule has 2 N–H and O–H groups in total. The van der Waals surface area contributed by atoms with E-state index in [0.717, 1.165) is 16.4 Å². The van der Waals surface area contributed by atoms with Gasteiger partial charge in [0.25, 0.3) is 0 Å². The van der Waals surface area contributed by atoms with Gasteiger partial charge in [-0.05, 0) is 30.3 Å². The molecule has 2 unspecified atom stereocenters. The molecule has 6 nitrogen and oxygen atoms in total. The predicted octanol–water partition coefficient (Wildman–Crippen LogP) is 2.50. The van der Waals surface area contributed by atoms with Gasteiger partial charge in [0.2, 0.25) is 5.82 Å². The number of hydrogen-bond acceptors (Lipinski definition) is 6. The van der Waals surface area contributed by atoms with Gasteiger partial charge in [-0.15, -0.1) is 4.31 Å². The number of β-amino-alcohol motifs (C(OH)–C–C–N with tert-alkyl or cyclic N) is 1. The third kappa shape index (κ3) is 4.50. The van der Waals surface area contributed by atoms with E-state index in [0.29, 0.717) is 18.2 Å². The third-order valence-corrected chi connectivity index (χ3v) is 6.29. The molecule has 3 rings (SSSR count). The first-order valence-electron chi connectivity index (χ1n) is 8.83. The minimum absolute atomic E-state index is 0.291. The molecule has 1 saturated heterocycles. The Kier molecular flexibility index (Phi) is 6.64. The van der Waals surface area contributed by atoms with E-state index in [2.05, 4.69) is 0 Å². The second-order valence-electron chi connectivity index (χ2n) is 6.93. The van der Waals surface area contributed by atoms with Gasteiger partial charge in [0, 0.05) is 0 Å². The molecule has 0 bridgehead atoms. The molecule has 1 aliphatic heterocycles. The normalized spacial score (nSPS) is 22.6. The molecule has 3 atom stereocenters. The Hall–Kier alpha value is -2.50. The van der Waals surface area contributed by atoms with E-state index >= 15 is 0 Å². The second kappa shape index (κ2) is 8.80. The lowest BCUT2D eigenvalue weighted by atomic mass is 10.0. The van der Waals surface area contributed by atoms with Crippen molar-refractivity contribution in [3.63, 3.8) is 0 Å². The van der Waals surface area contributed by atoms with E-state index in [1.807, 2.05) is 0 Å². The zero-order valence-corrected chi connectivity index (χ0v) is 16.7. The van der Waals surface area contributed by atoms with Crippen LogP contribution >= 0.6 is 0 Å². The SMILES string of the molecule is N#Cc1cc(C(F)(F)F)ccc1[S+]([O-])N1C[C@H](Oc2ccc(F)c(F)c2F)C(O)(CO)C1. The van der Waals surface area contributed by atoms with Crippen molar-refractivity contribution >= 4 is 11.4 Å². The first-order chi connectivity index (χ1) is 14.9. The monoisotopic (exact) mass is 480 g/mol. The summed E-state index contributed by atoms with van der Waals surface area (Å²) < 4.78 is 98.3. The summed E-state index contributed by atoms with van der Waals surface area (Å²) in [4.78, 5) is -0.291. The number of halogens is 6.